The first-order chi connectivity index (χ1) is 10.1. The first-order valence-electron chi connectivity index (χ1n) is 6.37. The number of aryl methyl sites for hydroxylation is 1. The van der Waals surface area contributed by atoms with E-state index in [4.69, 9.17) is 4.74 Å². The summed E-state index contributed by atoms with van der Waals surface area (Å²) in [5.74, 6) is 0.128. The minimum Gasteiger partial charge on any atom is -0.504 e. The van der Waals surface area contributed by atoms with Gasteiger partial charge in [-0.15, -0.1) is 0 Å². The SMILES string of the molecule is COc1cc(C=NNC(=O)c2cccc(C)c2)ccc1O. The highest BCUT2D eigenvalue weighted by Gasteiger charge is 2.04. The molecule has 2 N–H and O–H groups in total. The lowest BCUT2D eigenvalue weighted by Crippen LogP contribution is -2.17. The highest BCUT2D eigenvalue weighted by molar-refractivity contribution is 5.95. The maximum absolute atomic E-state index is 11.9. The maximum atomic E-state index is 11.9. The van der Waals surface area contributed by atoms with E-state index in [0.717, 1.165) is 5.56 Å². The van der Waals surface area contributed by atoms with Crippen molar-refractivity contribution in [1.82, 2.24) is 5.43 Å². The molecule has 0 saturated carbocycles. The van der Waals surface area contributed by atoms with Crippen molar-refractivity contribution in [2.45, 2.75) is 6.92 Å². The number of aromatic hydroxyl groups is 1. The summed E-state index contributed by atoms with van der Waals surface area (Å²) in [6.45, 7) is 1.92. The van der Waals surface area contributed by atoms with Crippen LogP contribution < -0.4 is 10.2 Å². The summed E-state index contributed by atoms with van der Waals surface area (Å²) >= 11 is 0. The Morgan fingerprint density at radius 2 is 2.10 bits per heavy atom. The molecule has 0 aromatic heterocycles. The van der Waals surface area contributed by atoms with Gasteiger partial charge in [0.05, 0.1) is 13.3 Å². The number of phenolic OH excluding ortho intramolecular Hbond substituents is 1. The second-order valence-corrected chi connectivity index (χ2v) is 4.50. The van der Waals surface area contributed by atoms with E-state index in [1.54, 1.807) is 24.3 Å². The fraction of sp³-hybridized carbons (Fsp3) is 0.125. The molecule has 2 rings (SSSR count). The van der Waals surface area contributed by atoms with Crippen molar-refractivity contribution in [3.05, 3.63) is 59.2 Å². The second-order valence-electron chi connectivity index (χ2n) is 4.50. The van der Waals surface area contributed by atoms with Crippen LogP contribution in [-0.2, 0) is 0 Å². The Balaban J connectivity index is 2.04. The van der Waals surface area contributed by atoms with Crippen LogP contribution in [0, 0.1) is 6.92 Å². The smallest absolute Gasteiger partial charge is 0.271 e. The van der Waals surface area contributed by atoms with Gasteiger partial charge in [-0.1, -0.05) is 17.7 Å². The topological polar surface area (TPSA) is 70.9 Å². The van der Waals surface area contributed by atoms with E-state index >= 15 is 0 Å². The molecule has 21 heavy (non-hydrogen) atoms. The summed E-state index contributed by atoms with van der Waals surface area (Å²) < 4.78 is 5.00. The summed E-state index contributed by atoms with van der Waals surface area (Å²) in [6.07, 6.45) is 1.48. The van der Waals surface area contributed by atoms with Crippen molar-refractivity contribution in [3.8, 4) is 11.5 Å². The van der Waals surface area contributed by atoms with Gasteiger partial charge in [0.15, 0.2) is 11.5 Å². The molecule has 0 aliphatic heterocycles. The van der Waals surface area contributed by atoms with Gasteiger partial charge in [0, 0.05) is 5.56 Å². The number of hydrogen-bond donors (Lipinski definition) is 2. The first-order valence-corrected chi connectivity index (χ1v) is 6.37. The van der Waals surface area contributed by atoms with Crippen LogP contribution in [0.1, 0.15) is 21.5 Å². The van der Waals surface area contributed by atoms with E-state index in [-0.39, 0.29) is 11.7 Å². The molecule has 0 heterocycles. The molecular weight excluding hydrogens is 268 g/mol. The zero-order valence-electron chi connectivity index (χ0n) is 11.8. The van der Waals surface area contributed by atoms with E-state index in [1.165, 1.54) is 19.4 Å². The van der Waals surface area contributed by atoms with Crippen LogP contribution in [0.15, 0.2) is 47.6 Å². The number of carbonyl (C=O) groups is 1. The summed E-state index contributed by atoms with van der Waals surface area (Å²) in [5.41, 5.74) is 4.72. The van der Waals surface area contributed by atoms with Gasteiger partial charge in [-0.25, -0.2) is 5.43 Å². The van der Waals surface area contributed by atoms with E-state index < -0.39 is 0 Å². The van der Waals surface area contributed by atoms with E-state index in [0.29, 0.717) is 16.9 Å². The molecule has 5 heteroatoms. The molecule has 0 unspecified atom stereocenters. The van der Waals surface area contributed by atoms with Crippen LogP contribution in [0.5, 0.6) is 11.5 Å². The summed E-state index contributed by atoms with van der Waals surface area (Å²) in [7, 11) is 1.47. The molecule has 2 aromatic carbocycles. The van der Waals surface area contributed by atoms with Gasteiger partial charge in [0.1, 0.15) is 0 Å². The molecule has 0 atom stereocenters. The molecule has 0 saturated heterocycles. The van der Waals surface area contributed by atoms with Gasteiger partial charge in [-0.3, -0.25) is 4.79 Å². The molecule has 0 aliphatic rings. The lowest BCUT2D eigenvalue weighted by atomic mass is 10.1. The predicted molar refractivity (Wildman–Crippen MR) is 80.9 cm³/mol. The third kappa shape index (κ3) is 3.82. The van der Waals surface area contributed by atoms with E-state index in [2.05, 4.69) is 10.5 Å². The van der Waals surface area contributed by atoms with Crippen LogP contribution in [0.4, 0.5) is 0 Å². The number of methoxy groups -OCH3 is 1. The highest BCUT2D eigenvalue weighted by atomic mass is 16.5. The fourth-order valence-corrected chi connectivity index (χ4v) is 1.79. The number of phenols is 1. The number of benzene rings is 2. The van der Waals surface area contributed by atoms with Gasteiger partial charge < -0.3 is 9.84 Å². The quantitative estimate of drug-likeness (QED) is 0.669. The number of nitrogens with one attached hydrogen (secondary N) is 1. The third-order valence-corrected chi connectivity index (χ3v) is 2.86. The minimum absolute atomic E-state index is 0.0541. The molecule has 5 nitrogen and oxygen atoms in total. The van der Waals surface area contributed by atoms with Crippen LogP contribution in [0.2, 0.25) is 0 Å². The lowest BCUT2D eigenvalue weighted by Gasteiger charge is -2.03. The largest absolute Gasteiger partial charge is 0.504 e. The number of rotatable bonds is 4. The van der Waals surface area contributed by atoms with Gasteiger partial charge in [-0.2, -0.15) is 5.10 Å². The zero-order valence-corrected chi connectivity index (χ0v) is 11.8. The Kier molecular flexibility index (Phi) is 4.56. The molecule has 0 bridgehead atoms. The Labute approximate surface area is 122 Å². The Morgan fingerprint density at radius 3 is 2.81 bits per heavy atom. The van der Waals surface area contributed by atoms with Crippen LogP contribution >= 0.6 is 0 Å². The lowest BCUT2D eigenvalue weighted by molar-refractivity contribution is 0.0955. The van der Waals surface area contributed by atoms with Crippen molar-refractivity contribution in [2.24, 2.45) is 5.10 Å². The van der Waals surface area contributed by atoms with Crippen LogP contribution in [0.25, 0.3) is 0 Å². The maximum Gasteiger partial charge on any atom is 0.271 e. The number of nitrogens with zero attached hydrogens (tertiary/aromatic N) is 1. The van der Waals surface area contributed by atoms with Gasteiger partial charge in [0.25, 0.3) is 5.91 Å². The first kappa shape index (κ1) is 14.6. The van der Waals surface area contributed by atoms with E-state index in [9.17, 15) is 9.90 Å². The number of hydrogen-bond acceptors (Lipinski definition) is 4. The minimum atomic E-state index is -0.277. The van der Waals surface area contributed by atoms with Gasteiger partial charge in [0.2, 0.25) is 0 Å². The third-order valence-electron chi connectivity index (χ3n) is 2.86. The van der Waals surface area contributed by atoms with Crippen molar-refractivity contribution in [1.29, 1.82) is 0 Å². The average molecular weight is 284 g/mol. The standard InChI is InChI=1S/C16H16N2O3/c1-11-4-3-5-13(8-11)16(20)18-17-10-12-6-7-14(19)15(9-12)21-2/h3-10,19H,1-2H3,(H,18,20). The number of hydrazone groups is 1. The monoisotopic (exact) mass is 284 g/mol. The fourth-order valence-electron chi connectivity index (χ4n) is 1.79. The van der Waals surface area contributed by atoms with Crippen LogP contribution in [-0.4, -0.2) is 24.3 Å². The summed E-state index contributed by atoms with van der Waals surface area (Å²) in [6, 6.07) is 12.0. The number of carbonyl (C=O) groups excluding carboxylic acids is 1. The highest BCUT2D eigenvalue weighted by Crippen LogP contribution is 2.25. The average Bonchev–Trinajstić information content (AvgIpc) is 2.48. The number of amides is 1. The molecule has 2 aromatic rings. The summed E-state index contributed by atoms with van der Waals surface area (Å²) in [4.78, 5) is 11.9. The molecule has 1 amide bonds. The Morgan fingerprint density at radius 1 is 1.29 bits per heavy atom. The van der Waals surface area contributed by atoms with Crippen molar-refractivity contribution in [2.75, 3.05) is 7.11 Å². The molecule has 108 valence electrons. The number of ether oxygens (including phenoxy) is 1. The van der Waals surface area contributed by atoms with Crippen molar-refractivity contribution >= 4 is 12.1 Å². The van der Waals surface area contributed by atoms with E-state index in [1.807, 2.05) is 19.1 Å². The molecule has 0 spiro atoms. The zero-order chi connectivity index (χ0) is 15.2. The van der Waals surface area contributed by atoms with Crippen molar-refractivity contribution in [3.63, 3.8) is 0 Å². The summed E-state index contributed by atoms with van der Waals surface area (Å²) in [5, 5.41) is 13.4. The van der Waals surface area contributed by atoms with Crippen LogP contribution in [0.3, 0.4) is 0 Å². The Bertz CT molecular complexity index is 681. The second kappa shape index (κ2) is 6.56. The normalized spacial score (nSPS) is 10.6. The molecule has 0 radical (unpaired) electrons. The van der Waals surface area contributed by atoms with Gasteiger partial charge >= 0.3 is 0 Å². The molecule has 0 aliphatic carbocycles. The van der Waals surface area contributed by atoms with Crippen molar-refractivity contribution < 1.29 is 14.6 Å². The van der Waals surface area contributed by atoms with Gasteiger partial charge in [-0.05, 0) is 42.8 Å². The molecule has 0 fully saturated rings. The molecular formula is C16H16N2O3. The Hall–Kier alpha value is -2.82. The predicted octanol–water partition coefficient (Wildman–Crippen LogP) is 2.47.